The number of nitrogens with zero attached hydrogens (tertiary/aromatic N) is 2. The van der Waals surface area contributed by atoms with Crippen LogP contribution in [0.2, 0.25) is 0 Å². The molecule has 0 aliphatic carbocycles. The number of allylic oxidation sites excluding steroid dienone is 1. The molecular weight excluding hydrogens is 370 g/mol. The van der Waals surface area contributed by atoms with Gasteiger partial charge in [0.15, 0.2) is 5.72 Å². The second-order valence-corrected chi connectivity index (χ2v) is 7.44. The predicted octanol–water partition coefficient (Wildman–Crippen LogP) is 3.61. The lowest BCUT2D eigenvalue weighted by atomic mass is 9.85. The van der Waals surface area contributed by atoms with Gasteiger partial charge in [0, 0.05) is 17.9 Å². The number of benzene rings is 2. The van der Waals surface area contributed by atoms with Gasteiger partial charge in [-0.2, -0.15) is 5.26 Å². The average Bonchev–Trinajstić information content (AvgIpc) is 3.02. The van der Waals surface area contributed by atoms with E-state index < -0.39 is 23.3 Å². The number of amides is 1. The van der Waals surface area contributed by atoms with E-state index in [-0.39, 0.29) is 18.1 Å². The predicted molar refractivity (Wildman–Crippen MR) is 96.0 cm³/mol. The Morgan fingerprint density at radius 2 is 1.70 bits per heavy atom. The van der Waals surface area contributed by atoms with Crippen LogP contribution >= 0.6 is 11.8 Å². The van der Waals surface area contributed by atoms with Crippen LogP contribution in [0.1, 0.15) is 23.5 Å². The first-order chi connectivity index (χ1) is 12.9. The van der Waals surface area contributed by atoms with E-state index in [2.05, 4.69) is 6.07 Å². The van der Waals surface area contributed by atoms with Crippen molar-refractivity contribution in [2.45, 2.75) is 18.1 Å². The van der Waals surface area contributed by atoms with E-state index in [1.807, 2.05) is 0 Å². The van der Waals surface area contributed by atoms with Crippen LogP contribution in [-0.4, -0.2) is 21.7 Å². The van der Waals surface area contributed by atoms with Gasteiger partial charge in [-0.3, -0.25) is 9.69 Å². The highest BCUT2D eigenvalue weighted by atomic mass is 32.2. The number of halogens is 2. The number of hydrogen-bond donors (Lipinski definition) is 1. The lowest BCUT2D eigenvalue weighted by Gasteiger charge is -2.38. The third-order valence-electron chi connectivity index (χ3n) is 4.89. The molecule has 0 saturated carbocycles. The Morgan fingerprint density at radius 1 is 1.11 bits per heavy atom. The summed E-state index contributed by atoms with van der Waals surface area (Å²) in [6.45, 7) is 0. The first kappa shape index (κ1) is 17.7. The third kappa shape index (κ3) is 2.82. The highest BCUT2D eigenvalue weighted by Gasteiger charge is 2.51. The number of thioether (sulfide) groups is 1. The quantitative estimate of drug-likeness (QED) is 0.859. The van der Waals surface area contributed by atoms with Gasteiger partial charge in [0.05, 0.1) is 22.4 Å². The summed E-state index contributed by atoms with van der Waals surface area (Å²) in [5.74, 6) is -1.52. The summed E-state index contributed by atoms with van der Waals surface area (Å²) in [6, 6.07) is 13.2. The van der Waals surface area contributed by atoms with Crippen LogP contribution in [0.4, 0.5) is 8.78 Å². The molecule has 2 aliphatic heterocycles. The van der Waals surface area contributed by atoms with Crippen molar-refractivity contribution in [1.82, 2.24) is 4.90 Å². The second-order valence-electron chi connectivity index (χ2n) is 6.48. The van der Waals surface area contributed by atoms with Gasteiger partial charge in [0.25, 0.3) is 0 Å². The molecule has 1 fully saturated rings. The third-order valence-corrected chi connectivity index (χ3v) is 6.11. The standard InChI is InChI=1S/C20H14F2N2O2S/c21-14-5-1-12(2-6-14)16-9-18(25)24-19(17(16)10-23)27-11-20(24,26)13-3-7-15(22)8-4-13/h1-8,16,26H,9,11H2. The van der Waals surface area contributed by atoms with Crippen LogP contribution in [0.25, 0.3) is 0 Å². The zero-order valence-electron chi connectivity index (χ0n) is 14.0. The molecule has 1 amide bonds. The summed E-state index contributed by atoms with van der Waals surface area (Å²) in [4.78, 5) is 14.1. The molecule has 1 saturated heterocycles. The van der Waals surface area contributed by atoms with E-state index >= 15 is 0 Å². The van der Waals surface area contributed by atoms with E-state index in [9.17, 15) is 23.9 Å². The van der Waals surface area contributed by atoms with Gasteiger partial charge >= 0.3 is 0 Å². The number of fused-ring (bicyclic) bond motifs is 1. The van der Waals surface area contributed by atoms with E-state index in [1.54, 1.807) is 12.1 Å². The molecule has 2 heterocycles. The summed E-state index contributed by atoms with van der Waals surface area (Å²) in [6.07, 6.45) is -0.0118. The fraction of sp³-hybridized carbons (Fsp3) is 0.200. The molecule has 0 radical (unpaired) electrons. The Hall–Kier alpha value is -2.69. The zero-order chi connectivity index (χ0) is 19.2. The number of carbonyl (C=O) groups is 1. The molecular formula is C20H14F2N2O2S. The largest absolute Gasteiger partial charge is 0.366 e. The SMILES string of the molecule is N#CC1=C2SCC(O)(c3ccc(F)cc3)N2C(=O)CC1c1ccc(F)cc1. The highest BCUT2D eigenvalue weighted by Crippen LogP contribution is 2.51. The van der Waals surface area contributed by atoms with Crippen molar-refractivity contribution in [2.24, 2.45) is 0 Å². The van der Waals surface area contributed by atoms with Crippen LogP contribution in [-0.2, 0) is 10.5 Å². The number of nitriles is 1. The number of aliphatic hydroxyl groups is 1. The molecule has 2 aliphatic rings. The lowest BCUT2D eigenvalue weighted by molar-refractivity contribution is -0.149. The maximum absolute atomic E-state index is 13.2. The maximum Gasteiger partial charge on any atom is 0.231 e. The highest BCUT2D eigenvalue weighted by molar-refractivity contribution is 8.03. The maximum atomic E-state index is 13.2. The minimum absolute atomic E-state index is 0.0118. The lowest BCUT2D eigenvalue weighted by Crippen LogP contribution is -2.48. The summed E-state index contributed by atoms with van der Waals surface area (Å²) in [5, 5.41) is 21.3. The van der Waals surface area contributed by atoms with Gasteiger partial charge in [0.1, 0.15) is 11.6 Å². The van der Waals surface area contributed by atoms with E-state index in [0.717, 1.165) is 0 Å². The van der Waals surface area contributed by atoms with Crippen molar-refractivity contribution in [3.63, 3.8) is 0 Å². The Balaban J connectivity index is 1.79. The zero-order valence-corrected chi connectivity index (χ0v) is 14.8. The Bertz CT molecular complexity index is 983. The van der Waals surface area contributed by atoms with Crippen LogP contribution in [0, 0.1) is 23.0 Å². The Kier molecular flexibility index (Phi) is 4.25. The summed E-state index contributed by atoms with van der Waals surface area (Å²) in [5.41, 5.74) is -0.214. The number of rotatable bonds is 2. The summed E-state index contributed by atoms with van der Waals surface area (Å²) < 4.78 is 26.5. The Morgan fingerprint density at radius 3 is 2.30 bits per heavy atom. The molecule has 4 rings (SSSR count). The van der Waals surface area contributed by atoms with Gasteiger partial charge in [-0.15, -0.1) is 11.8 Å². The molecule has 2 unspecified atom stereocenters. The monoisotopic (exact) mass is 384 g/mol. The van der Waals surface area contributed by atoms with Gasteiger partial charge in [0.2, 0.25) is 5.91 Å². The molecule has 0 bridgehead atoms. The molecule has 2 aromatic rings. The van der Waals surface area contributed by atoms with Crippen molar-refractivity contribution in [1.29, 1.82) is 5.26 Å². The number of carbonyl (C=O) groups excluding carboxylic acids is 1. The fourth-order valence-electron chi connectivity index (χ4n) is 3.54. The van der Waals surface area contributed by atoms with Gasteiger partial charge < -0.3 is 5.11 Å². The van der Waals surface area contributed by atoms with Crippen molar-refractivity contribution in [3.05, 3.63) is 81.9 Å². The van der Waals surface area contributed by atoms with Crippen molar-refractivity contribution < 1.29 is 18.7 Å². The van der Waals surface area contributed by atoms with Crippen molar-refractivity contribution in [3.8, 4) is 6.07 Å². The molecule has 0 spiro atoms. The smallest absolute Gasteiger partial charge is 0.231 e. The van der Waals surface area contributed by atoms with E-state index in [0.29, 0.717) is 21.7 Å². The van der Waals surface area contributed by atoms with E-state index in [1.165, 1.54) is 53.1 Å². The van der Waals surface area contributed by atoms with Gasteiger partial charge in [-0.1, -0.05) is 24.3 Å². The molecule has 1 N–H and O–H groups in total. The topological polar surface area (TPSA) is 64.3 Å². The summed E-state index contributed by atoms with van der Waals surface area (Å²) >= 11 is 1.21. The molecule has 2 aromatic carbocycles. The van der Waals surface area contributed by atoms with Crippen molar-refractivity contribution in [2.75, 3.05) is 5.75 Å². The first-order valence-electron chi connectivity index (χ1n) is 8.28. The average molecular weight is 384 g/mol. The number of hydrogen-bond acceptors (Lipinski definition) is 4. The molecule has 0 aromatic heterocycles. The molecule has 2 atom stereocenters. The minimum atomic E-state index is -1.64. The molecule has 27 heavy (non-hydrogen) atoms. The van der Waals surface area contributed by atoms with Crippen molar-refractivity contribution >= 4 is 17.7 Å². The Labute approximate surface area is 158 Å². The van der Waals surface area contributed by atoms with Crippen LogP contribution in [0.15, 0.2) is 59.1 Å². The van der Waals surface area contributed by atoms with Gasteiger partial charge in [-0.05, 0) is 29.8 Å². The fourth-order valence-corrected chi connectivity index (χ4v) is 4.89. The normalized spacial score (nSPS) is 24.7. The minimum Gasteiger partial charge on any atom is -0.366 e. The first-order valence-corrected chi connectivity index (χ1v) is 9.26. The second kappa shape index (κ2) is 6.48. The van der Waals surface area contributed by atoms with E-state index in [4.69, 9.17) is 0 Å². The van der Waals surface area contributed by atoms with Crippen LogP contribution in [0.5, 0.6) is 0 Å². The summed E-state index contributed by atoms with van der Waals surface area (Å²) in [7, 11) is 0. The molecule has 7 heteroatoms. The molecule has 136 valence electrons. The van der Waals surface area contributed by atoms with Crippen LogP contribution in [0.3, 0.4) is 0 Å². The van der Waals surface area contributed by atoms with Crippen LogP contribution < -0.4 is 0 Å². The van der Waals surface area contributed by atoms with Gasteiger partial charge in [-0.25, -0.2) is 8.78 Å². The molecule has 4 nitrogen and oxygen atoms in total.